The lowest BCUT2D eigenvalue weighted by atomic mass is 9.75. The molecule has 3 aromatic rings. The third kappa shape index (κ3) is 3.46. The summed E-state index contributed by atoms with van der Waals surface area (Å²) in [6.45, 7) is 2.80. The number of fused-ring (bicyclic) bond motifs is 3. The molecule has 1 N–H and O–H groups in total. The van der Waals surface area contributed by atoms with Crippen LogP contribution in [0.4, 0.5) is 0 Å². The van der Waals surface area contributed by atoms with E-state index in [9.17, 15) is 8.42 Å². The lowest BCUT2D eigenvalue weighted by Crippen LogP contribution is -2.52. The Hall–Kier alpha value is -2.25. The Bertz CT molecular complexity index is 1220. The first-order valence-electron chi connectivity index (χ1n) is 11.3. The van der Waals surface area contributed by atoms with Gasteiger partial charge >= 0.3 is 0 Å². The van der Waals surface area contributed by atoms with Gasteiger partial charge in [0.1, 0.15) is 5.60 Å². The Balaban J connectivity index is 1.45. The number of likely N-dealkylation sites (tertiary alicyclic amines) is 1. The van der Waals surface area contributed by atoms with Crippen LogP contribution in [0.1, 0.15) is 24.0 Å². The van der Waals surface area contributed by atoms with Gasteiger partial charge in [-0.05, 0) is 53.9 Å². The standard InChI is InChI=1S/C26H30N2O3S/c1-27-32(29,30)24-11-6-10-21(15-24)26(31-2)22-13-14-23(26)18-28(17-22)16-20-9-5-8-19-7-3-4-12-25(19)20/h3-12,15,22-23,27H,13-14,16-18H2,1-2H3. The summed E-state index contributed by atoms with van der Waals surface area (Å²) in [6.07, 6.45) is 2.18. The quantitative estimate of drug-likeness (QED) is 0.614. The molecule has 2 bridgehead atoms. The van der Waals surface area contributed by atoms with E-state index in [0.717, 1.165) is 38.0 Å². The van der Waals surface area contributed by atoms with Gasteiger partial charge in [0.25, 0.3) is 0 Å². The van der Waals surface area contributed by atoms with Gasteiger partial charge in [-0.2, -0.15) is 0 Å². The molecule has 1 aliphatic heterocycles. The minimum Gasteiger partial charge on any atom is -0.373 e. The van der Waals surface area contributed by atoms with Gasteiger partial charge in [-0.25, -0.2) is 13.1 Å². The van der Waals surface area contributed by atoms with Crippen LogP contribution in [0, 0.1) is 11.8 Å². The zero-order valence-corrected chi connectivity index (χ0v) is 19.4. The summed E-state index contributed by atoms with van der Waals surface area (Å²) in [6, 6.07) is 22.4. The van der Waals surface area contributed by atoms with Crippen molar-refractivity contribution >= 4 is 20.8 Å². The third-order valence-electron chi connectivity index (χ3n) is 7.51. The molecular weight excluding hydrogens is 420 g/mol. The zero-order valence-electron chi connectivity index (χ0n) is 18.6. The van der Waals surface area contributed by atoms with Crippen molar-refractivity contribution < 1.29 is 13.2 Å². The van der Waals surface area contributed by atoms with E-state index < -0.39 is 15.6 Å². The molecule has 1 saturated heterocycles. The fourth-order valence-electron chi connectivity index (χ4n) is 6.06. The normalized spacial score (nSPS) is 25.9. The molecule has 32 heavy (non-hydrogen) atoms. The lowest BCUT2D eigenvalue weighted by Gasteiger charge is -2.47. The predicted molar refractivity (Wildman–Crippen MR) is 127 cm³/mol. The van der Waals surface area contributed by atoms with Gasteiger partial charge < -0.3 is 4.74 Å². The summed E-state index contributed by atoms with van der Waals surface area (Å²) < 4.78 is 33.5. The predicted octanol–water partition coefficient (Wildman–Crippen LogP) is 4.13. The number of sulfonamides is 1. The average molecular weight is 451 g/mol. The zero-order chi connectivity index (χ0) is 22.3. The van der Waals surface area contributed by atoms with E-state index in [0.29, 0.717) is 16.7 Å². The van der Waals surface area contributed by atoms with Crippen molar-refractivity contribution in [3.63, 3.8) is 0 Å². The highest BCUT2D eigenvalue weighted by molar-refractivity contribution is 7.89. The van der Waals surface area contributed by atoms with Crippen molar-refractivity contribution in [1.29, 1.82) is 0 Å². The molecule has 1 saturated carbocycles. The number of methoxy groups -OCH3 is 1. The number of hydrogen-bond donors (Lipinski definition) is 1. The van der Waals surface area contributed by atoms with Crippen LogP contribution >= 0.6 is 0 Å². The maximum Gasteiger partial charge on any atom is 0.240 e. The highest BCUT2D eigenvalue weighted by atomic mass is 32.2. The molecule has 0 aromatic heterocycles. The van der Waals surface area contributed by atoms with Crippen LogP contribution in [0.25, 0.3) is 10.8 Å². The number of ether oxygens (including phenoxy) is 1. The molecule has 0 radical (unpaired) electrons. The molecule has 0 spiro atoms. The highest BCUT2D eigenvalue weighted by Crippen LogP contribution is 2.54. The molecule has 6 heteroatoms. The molecule has 1 heterocycles. The highest BCUT2D eigenvalue weighted by Gasteiger charge is 2.55. The Kier molecular flexibility index (Phi) is 5.58. The fraction of sp³-hybridized carbons (Fsp3) is 0.385. The second-order valence-electron chi connectivity index (χ2n) is 9.04. The van der Waals surface area contributed by atoms with Crippen LogP contribution in [0.3, 0.4) is 0 Å². The van der Waals surface area contributed by atoms with Crippen LogP contribution in [-0.2, 0) is 26.9 Å². The van der Waals surface area contributed by atoms with Crippen molar-refractivity contribution in [1.82, 2.24) is 9.62 Å². The fourth-order valence-corrected chi connectivity index (χ4v) is 6.84. The second-order valence-corrected chi connectivity index (χ2v) is 10.9. The van der Waals surface area contributed by atoms with E-state index in [1.165, 1.54) is 23.4 Å². The number of benzene rings is 3. The number of hydrogen-bond acceptors (Lipinski definition) is 4. The molecule has 5 rings (SSSR count). The molecule has 2 fully saturated rings. The average Bonchev–Trinajstić information content (AvgIpc) is 3.02. The Morgan fingerprint density at radius 3 is 2.41 bits per heavy atom. The van der Waals surface area contributed by atoms with Crippen LogP contribution in [0.2, 0.25) is 0 Å². The largest absolute Gasteiger partial charge is 0.373 e. The molecule has 3 aromatic carbocycles. The molecule has 168 valence electrons. The van der Waals surface area contributed by atoms with Crippen molar-refractivity contribution in [3.05, 3.63) is 77.9 Å². The Labute approximate surface area is 190 Å². The Morgan fingerprint density at radius 2 is 1.69 bits per heavy atom. The van der Waals surface area contributed by atoms with Crippen molar-refractivity contribution in [2.45, 2.75) is 29.9 Å². The number of nitrogens with one attached hydrogen (secondary N) is 1. The van der Waals surface area contributed by atoms with E-state index in [4.69, 9.17) is 4.74 Å². The summed E-state index contributed by atoms with van der Waals surface area (Å²) in [7, 11) is -0.266. The Morgan fingerprint density at radius 1 is 1.00 bits per heavy atom. The molecule has 2 unspecified atom stereocenters. The van der Waals surface area contributed by atoms with Crippen molar-refractivity contribution in [2.24, 2.45) is 11.8 Å². The minimum atomic E-state index is -3.50. The summed E-state index contributed by atoms with van der Waals surface area (Å²) in [5.41, 5.74) is 1.90. The maximum absolute atomic E-state index is 12.4. The van der Waals surface area contributed by atoms with Crippen LogP contribution in [0.5, 0.6) is 0 Å². The van der Waals surface area contributed by atoms with Crippen molar-refractivity contribution in [2.75, 3.05) is 27.2 Å². The van der Waals surface area contributed by atoms with Crippen LogP contribution in [-0.4, -0.2) is 40.6 Å². The summed E-state index contributed by atoms with van der Waals surface area (Å²) >= 11 is 0. The molecule has 2 aliphatic rings. The minimum absolute atomic E-state index is 0.298. The monoisotopic (exact) mass is 450 g/mol. The first kappa shape index (κ1) is 21.6. The molecule has 0 amide bonds. The van der Waals surface area contributed by atoms with Crippen LogP contribution in [0.15, 0.2) is 71.6 Å². The lowest BCUT2D eigenvalue weighted by molar-refractivity contribution is -0.120. The van der Waals surface area contributed by atoms with E-state index in [2.05, 4.69) is 52.1 Å². The number of nitrogens with zero attached hydrogens (tertiary/aromatic N) is 1. The van der Waals surface area contributed by atoms with Crippen LogP contribution < -0.4 is 4.72 Å². The van der Waals surface area contributed by atoms with E-state index in [-0.39, 0.29) is 0 Å². The first-order chi connectivity index (χ1) is 15.5. The summed E-state index contributed by atoms with van der Waals surface area (Å²) in [4.78, 5) is 2.85. The van der Waals surface area contributed by atoms with Gasteiger partial charge in [0.2, 0.25) is 10.0 Å². The smallest absolute Gasteiger partial charge is 0.240 e. The van der Waals surface area contributed by atoms with Gasteiger partial charge in [-0.3, -0.25) is 4.90 Å². The van der Waals surface area contributed by atoms with Gasteiger partial charge in [0.15, 0.2) is 0 Å². The second kappa shape index (κ2) is 8.27. The molecule has 2 atom stereocenters. The van der Waals surface area contributed by atoms with Crippen molar-refractivity contribution in [3.8, 4) is 0 Å². The SMILES string of the molecule is CNS(=O)(=O)c1cccc(C2(OC)C3CCC2CN(Cc2cccc4ccccc24)C3)c1. The number of rotatable bonds is 6. The van der Waals surface area contributed by atoms with Gasteiger partial charge in [0, 0.05) is 38.6 Å². The first-order valence-corrected chi connectivity index (χ1v) is 12.7. The van der Waals surface area contributed by atoms with Gasteiger partial charge in [-0.15, -0.1) is 0 Å². The van der Waals surface area contributed by atoms with E-state index in [1.54, 1.807) is 19.2 Å². The molecule has 5 nitrogen and oxygen atoms in total. The molecular formula is C26H30N2O3S. The van der Waals surface area contributed by atoms with E-state index >= 15 is 0 Å². The number of piperidine rings is 1. The topological polar surface area (TPSA) is 58.6 Å². The molecule has 1 aliphatic carbocycles. The third-order valence-corrected chi connectivity index (χ3v) is 8.92. The summed E-state index contributed by atoms with van der Waals surface area (Å²) in [5, 5.41) is 2.59. The van der Waals surface area contributed by atoms with E-state index in [1.807, 2.05) is 12.1 Å². The maximum atomic E-state index is 12.4. The van der Waals surface area contributed by atoms with Gasteiger partial charge in [-0.1, -0.05) is 54.6 Å². The van der Waals surface area contributed by atoms with Gasteiger partial charge in [0.05, 0.1) is 4.90 Å². The summed E-state index contributed by atoms with van der Waals surface area (Å²) in [5.74, 6) is 0.655.